The van der Waals surface area contributed by atoms with E-state index >= 15 is 0 Å². The topological polar surface area (TPSA) is 17.8 Å². The van der Waals surface area contributed by atoms with Gasteiger partial charge in [0.05, 0.1) is 30.7 Å². The van der Waals surface area contributed by atoms with Crippen molar-refractivity contribution in [3.63, 3.8) is 0 Å². The van der Waals surface area contributed by atoms with E-state index in [-0.39, 0.29) is 0 Å². The number of imidazole rings is 1. The second-order valence-corrected chi connectivity index (χ2v) is 8.15. The van der Waals surface area contributed by atoms with Gasteiger partial charge in [-0.05, 0) is 46.6 Å². The number of thiophene rings is 1. The molecule has 0 fully saturated rings. The molecule has 7 heteroatoms. The van der Waals surface area contributed by atoms with Gasteiger partial charge in [0.2, 0.25) is 0 Å². The minimum Gasteiger partial charge on any atom is -0.327 e. The third-order valence-electron chi connectivity index (χ3n) is 3.20. The predicted octanol–water partition coefficient (Wildman–Crippen LogP) is 6.15. The lowest BCUT2D eigenvalue weighted by molar-refractivity contribution is 0.693. The Kier molecular flexibility index (Phi) is 4.81. The molecule has 0 aliphatic carbocycles. The zero-order chi connectivity index (χ0) is 15.0. The van der Waals surface area contributed by atoms with Gasteiger partial charge >= 0.3 is 0 Å². The molecule has 21 heavy (non-hydrogen) atoms. The molecule has 0 atom stereocenters. The SMILES string of the molecule is ClCc1nc2cc(Cl)c(Cl)cc2n1CCc1ccc(Br)s1. The standard InChI is InChI=1S/C14H10BrCl3N2S/c15-13-2-1-8(21-13)3-4-20-12-6-10(18)9(17)5-11(12)19-14(20)7-16/h1-2,5-6H,3-4,7H2. The van der Waals surface area contributed by atoms with Gasteiger partial charge in [-0.2, -0.15) is 0 Å². The van der Waals surface area contributed by atoms with Crippen molar-refractivity contribution in [3.05, 3.63) is 48.8 Å². The molecule has 0 saturated heterocycles. The Bertz CT molecular complexity index is 797. The largest absolute Gasteiger partial charge is 0.327 e. The van der Waals surface area contributed by atoms with Crippen molar-refractivity contribution in [2.75, 3.05) is 0 Å². The van der Waals surface area contributed by atoms with Crippen LogP contribution in [0.3, 0.4) is 0 Å². The average Bonchev–Trinajstić information content (AvgIpc) is 3.01. The summed E-state index contributed by atoms with van der Waals surface area (Å²) in [6.07, 6.45) is 0.922. The molecule has 0 radical (unpaired) electrons. The van der Waals surface area contributed by atoms with E-state index < -0.39 is 0 Å². The summed E-state index contributed by atoms with van der Waals surface area (Å²) in [5.41, 5.74) is 1.79. The fraction of sp³-hybridized carbons (Fsp3) is 0.214. The van der Waals surface area contributed by atoms with Crippen molar-refractivity contribution in [1.82, 2.24) is 9.55 Å². The zero-order valence-electron chi connectivity index (χ0n) is 10.7. The van der Waals surface area contributed by atoms with Crippen molar-refractivity contribution in [2.24, 2.45) is 0 Å². The lowest BCUT2D eigenvalue weighted by Gasteiger charge is -2.07. The normalized spacial score (nSPS) is 11.4. The van der Waals surface area contributed by atoms with Crippen LogP contribution in [0.15, 0.2) is 28.1 Å². The van der Waals surface area contributed by atoms with Crippen LogP contribution in [0, 0.1) is 0 Å². The molecule has 0 bridgehead atoms. The summed E-state index contributed by atoms with van der Waals surface area (Å²) in [5, 5.41) is 1.04. The van der Waals surface area contributed by atoms with E-state index in [1.165, 1.54) is 4.88 Å². The van der Waals surface area contributed by atoms with Gasteiger partial charge in [-0.3, -0.25) is 0 Å². The van der Waals surface area contributed by atoms with Crippen LogP contribution in [0.25, 0.3) is 11.0 Å². The molecular weight excluding hydrogens is 414 g/mol. The third-order valence-corrected chi connectivity index (χ3v) is 5.84. The van der Waals surface area contributed by atoms with E-state index in [9.17, 15) is 0 Å². The Hall–Kier alpha value is -0.260. The van der Waals surface area contributed by atoms with Gasteiger partial charge in [0.1, 0.15) is 5.82 Å². The van der Waals surface area contributed by atoms with E-state index in [2.05, 4.69) is 37.6 Å². The second-order valence-electron chi connectivity index (χ2n) is 4.52. The van der Waals surface area contributed by atoms with Crippen molar-refractivity contribution in [3.8, 4) is 0 Å². The maximum atomic E-state index is 6.12. The highest BCUT2D eigenvalue weighted by molar-refractivity contribution is 9.11. The van der Waals surface area contributed by atoms with Crippen LogP contribution in [-0.2, 0) is 18.8 Å². The van der Waals surface area contributed by atoms with Gasteiger partial charge in [0.25, 0.3) is 0 Å². The van der Waals surface area contributed by atoms with E-state index in [4.69, 9.17) is 34.8 Å². The van der Waals surface area contributed by atoms with Crippen LogP contribution in [0.1, 0.15) is 10.7 Å². The van der Waals surface area contributed by atoms with E-state index in [0.717, 1.165) is 33.6 Å². The van der Waals surface area contributed by atoms with Gasteiger partial charge in [0.15, 0.2) is 0 Å². The average molecular weight is 425 g/mol. The molecule has 0 amide bonds. The summed E-state index contributed by atoms with van der Waals surface area (Å²) < 4.78 is 3.25. The van der Waals surface area contributed by atoms with Crippen molar-refractivity contribution in [2.45, 2.75) is 18.8 Å². The van der Waals surface area contributed by atoms with Gasteiger partial charge in [-0.15, -0.1) is 22.9 Å². The molecule has 0 aliphatic heterocycles. The summed E-state index contributed by atoms with van der Waals surface area (Å²) in [5.74, 6) is 1.19. The molecular formula is C14H10BrCl3N2S. The molecule has 1 aromatic carbocycles. The highest BCUT2D eigenvalue weighted by Crippen LogP contribution is 2.29. The van der Waals surface area contributed by atoms with Gasteiger partial charge in [0, 0.05) is 11.4 Å². The van der Waals surface area contributed by atoms with E-state index in [1.54, 1.807) is 17.4 Å². The monoisotopic (exact) mass is 422 g/mol. The molecule has 3 aromatic rings. The maximum Gasteiger partial charge on any atom is 0.124 e. The van der Waals surface area contributed by atoms with Crippen LogP contribution in [-0.4, -0.2) is 9.55 Å². The smallest absolute Gasteiger partial charge is 0.124 e. The van der Waals surface area contributed by atoms with Gasteiger partial charge in [-0.1, -0.05) is 23.2 Å². The highest BCUT2D eigenvalue weighted by atomic mass is 79.9. The van der Waals surface area contributed by atoms with Crippen LogP contribution >= 0.6 is 62.1 Å². The Morgan fingerprint density at radius 2 is 1.95 bits per heavy atom. The minimum atomic E-state index is 0.359. The Balaban J connectivity index is 1.97. The molecule has 110 valence electrons. The molecule has 0 saturated carbocycles. The fourth-order valence-electron chi connectivity index (χ4n) is 2.23. The number of hydrogen-bond donors (Lipinski definition) is 0. The number of halogens is 4. The summed E-state index contributed by atoms with van der Waals surface area (Å²) in [6, 6.07) is 7.82. The first-order chi connectivity index (χ1) is 10.1. The molecule has 2 nitrogen and oxygen atoms in total. The quantitative estimate of drug-likeness (QED) is 0.460. The second kappa shape index (κ2) is 6.47. The molecule has 0 spiro atoms. The molecule has 0 N–H and O–H groups in total. The van der Waals surface area contributed by atoms with Crippen molar-refractivity contribution >= 4 is 73.1 Å². The lowest BCUT2D eigenvalue weighted by atomic mass is 10.3. The molecule has 0 unspecified atom stereocenters. The number of alkyl halides is 1. The minimum absolute atomic E-state index is 0.359. The highest BCUT2D eigenvalue weighted by Gasteiger charge is 2.13. The number of hydrogen-bond acceptors (Lipinski definition) is 2. The van der Waals surface area contributed by atoms with Gasteiger partial charge < -0.3 is 4.57 Å². The summed E-state index contributed by atoms with van der Waals surface area (Å²) in [6.45, 7) is 0.809. The number of rotatable bonds is 4. The van der Waals surface area contributed by atoms with Crippen LogP contribution in [0.4, 0.5) is 0 Å². The van der Waals surface area contributed by atoms with Gasteiger partial charge in [-0.25, -0.2) is 4.98 Å². The summed E-state index contributed by atoms with van der Waals surface area (Å²) in [7, 11) is 0. The number of nitrogens with zero attached hydrogens (tertiary/aromatic N) is 2. The number of fused-ring (bicyclic) bond motifs is 1. The zero-order valence-corrected chi connectivity index (χ0v) is 15.4. The Morgan fingerprint density at radius 1 is 1.19 bits per heavy atom. The first-order valence-electron chi connectivity index (χ1n) is 6.23. The first kappa shape index (κ1) is 15.6. The first-order valence-corrected chi connectivity index (χ1v) is 9.13. The molecule has 2 heterocycles. The molecule has 3 rings (SSSR count). The number of benzene rings is 1. The molecule has 2 aromatic heterocycles. The predicted molar refractivity (Wildman–Crippen MR) is 95.0 cm³/mol. The number of aryl methyl sites for hydroxylation is 2. The van der Waals surface area contributed by atoms with Crippen molar-refractivity contribution < 1.29 is 0 Å². The Labute approximate surface area is 149 Å². The summed E-state index contributed by atoms with van der Waals surface area (Å²) in [4.78, 5) is 5.84. The Morgan fingerprint density at radius 3 is 2.62 bits per heavy atom. The van der Waals surface area contributed by atoms with E-state index in [1.807, 2.05) is 6.07 Å². The summed E-state index contributed by atoms with van der Waals surface area (Å²) >= 11 is 23.4. The van der Waals surface area contributed by atoms with E-state index in [0.29, 0.717) is 15.9 Å². The van der Waals surface area contributed by atoms with Crippen LogP contribution in [0.5, 0.6) is 0 Å². The lowest BCUT2D eigenvalue weighted by Crippen LogP contribution is -2.04. The maximum absolute atomic E-state index is 6.12. The van der Waals surface area contributed by atoms with Crippen molar-refractivity contribution in [1.29, 1.82) is 0 Å². The number of aromatic nitrogens is 2. The van der Waals surface area contributed by atoms with Crippen LogP contribution < -0.4 is 0 Å². The third kappa shape index (κ3) is 3.25. The van der Waals surface area contributed by atoms with Crippen LogP contribution in [0.2, 0.25) is 10.0 Å². The fourth-order valence-corrected chi connectivity index (χ4v) is 4.22. The molecule has 0 aliphatic rings.